The van der Waals surface area contributed by atoms with Gasteiger partial charge in [-0.25, -0.2) is 4.98 Å². The quantitative estimate of drug-likeness (QED) is 0.372. The molecule has 0 aliphatic carbocycles. The molecular weight excluding hydrogens is 439 g/mol. The van der Waals surface area contributed by atoms with E-state index < -0.39 is 11.7 Å². The van der Waals surface area contributed by atoms with E-state index in [1.807, 2.05) is 6.92 Å². The molecule has 174 valence electrons. The Labute approximate surface area is 185 Å². The number of hydrogen-bond acceptors (Lipinski definition) is 6. The number of alkyl halides is 3. The molecule has 0 amide bonds. The molecule has 33 heavy (non-hydrogen) atoms. The van der Waals surface area contributed by atoms with E-state index in [2.05, 4.69) is 25.4 Å². The number of benzene rings is 1. The van der Waals surface area contributed by atoms with Gasteiger partial charge in [0, 0.05) is 19.3 Å². The first-order chi connectivity index (χ1) is 15.8. The van der Waals surface area contributed by atoms with Gasteiger partial charge in [0.1, 0.15) is 5.82 Å². The van der Waals surface area contributed by atoms with Gasteiger partial charge in [0.2, 0.25) is 5.95 Å². The normalized spacial score (nSPS) is 11.9. The van der Waals surface area contributed by atoms with Gasteiger partial charge >= 0.3 is 6.18 Å². The standard InChI is InChI=1S/C21H22F3N7O2/c1-2-8-31-19(33)16-18(29-20(31)25-7-9-32)28-17(27-16)14-10-26-30(12-14)11-13-3-5-15(6-4-13)21(22,23)24/h3-6,10,12,32H,2,7-9,11H2,1H3,(H,25,29)(H,27,28). The minimum absolute atomic E-state index is 0.107. The number of hydrogen-bond donors (Lipinski definition) is 3. The largest absolute Gasteiger partial charge is 0.416 e. The van der Waals surface area contributed by atoms with E-state index in [0.717, 1.165) is 18.6 Å². The van der Waals surface area contributed by atoms with Crippen molar-refractivity contribution in [1.29, 1.82) is 0 Å². The van der Waals surface area contributed by atoms with Crippen LogP contribution >= 0.6 is 0 Å². The fourth-order valence-corrected chi connectivity index (χ4v) is 3.41. The van der Waals surface area contributed by atoms with E-state index in [9.17, 15) is 18.0 Å². The van der Waals surface area contributed by atoms with Crippen molar-refractivity contribution < 1.29 is 18.3 Å². The number of aliphatic hydroxyl groups is 1. The van der Waals surface area contributed by atoms with E-state index in [4.69, 9.17) is 5.11 Å². The van der Waals surface area contributed by atoms with E-state index in [1.165, 1.54) is 16.7 Å². The van der Waals surface area contributed by atoms with Crippen LogP contribution in [0.4, 0.5) is 19.1 Å². The van der Waals surface area contributed by atoms with Crippen LogP contribution in [0.15, 0.2) is 41.5 Å². The number of anilines is 1. The van der Waals surface area contributed by atoms with Crippen molar-refractivity contribution in [3.05, 3.63) is 58.1 Å². The predicted molar refractivity (Wildman–Crippen MR) is 116 cm³/mol. The van der Waals surface area contributed by atoms with Crippen molar-refractivity contribution in [2.75, 3.05) is 18.5 Å². The number of H-pyrrole nitrogens is 1. The average molecular weight is 461 g/mol. The molecule has 0 radical (unpaired) electrons. The first-order valence-electron chi connectivity index (χ1n) is 10.3. The number of imidazole rings is 1. The van der Waals surface area contributed by atoms with Crippen LogP contribution < -0.4 is 10.9 Å². The highest BCUT2D eigenvalue weighted by atomic mass is 19.4. The Morgan fingerprint density at radius 2 is 1.94 bits per heavy atom. The zero-order valence-electron chi connectivity index (χ0n) is 17.7. The molecule has 3 aromatic heterocycles. The number of nitrogens with zero attached hydrogens (tertiary/aromatic N) is 5. The average Bonchev–Trinajstić information content (AvgIpc) is 3.41. The topological polar surface area (TPSA) is 114 Å². The molecule has 0 atom stereocenters. The summed E-state index contributed by atoms with van der Waals surface area (Å²) in [5, 5.41) is 16.3. The highest BCUT2D eigenvalue weighted by Crippen LogP contribution is 2.29. The Kier molecular flexibility index (Phi) is 6.18. The van der Waals surface area contributed by atoms with Crippen LogP contribution in [0.3, 0.4) is 0 Å². The zero-order chi connectivity index (χ0) is 23.6. The number of aromatic nitrogens is 6. The lowest BCUT2D eigenvalue weighted by Crippen LogP contribution is -2.26. The summed E-state index contributed by atoms with van der Waals surface area (Å²) >= 11 is 0. The second kappa shape index (κ2) is 9.06. The van der Waals surface area contributed by atoms with Gasteiger partial charge in [-0.1, -0.05) is 19.1 Å². The van der Waals surface area contributed by atoms with Crippen LogP contribution in [-0.2, 0) is 19.3 Å². The highest BCUT2D eigenvalue weighted by Gasteiger charge is 2.29. The monoisotopic (exact) mass is 461 g/mol. The summed E-state index contributed by atoms with van der Waals surface area (Å²) in [4.78, 5) is 24.8. The third kappa shape index (κ3) is 4.75. The van der Waals surface area contributed by atoms with E-state index in [1.54, 1.807) is 17.1 Å². The summed E-state index contributed by atoms with van der Waals surface area (Å²) in [6.07, 6.45) is -0.420. The lowest BCUT2D eigenvalue weighted by Gasteiger charge is -2.11. The van der Waals surface area contributed by atoms with Crippen molar-refractivity contribution in [2.45, 2.75) is 32.6 Å². The van der Waals surface area contributed by atoms with Gasteiger partial charge in [0.05, 0.1) is 30.5 Å². The molecular formula is C21H22F3N7O2. The summed E-state index contributed by atoms with van der Waals surface area (Å²) < 4.78 is 41.3. The van der Waals surface area contributed by atoms with Crippen molar-refractivity contribution in [1.82, 2.24) is 29.3 Å². The van der Waals surface area contributed by atoms with Crippen LogP contribution in [-0.4, -0.2) is 47.6 Å². The minimum Gasteiger partial charge on any atom is -0.395 e. The maximum Gasteiger partial charge on any atom is 0.416 e. The molecule has 0 aliphatic heterocycles. The smallest absolute Gasteiger partial charge is 0.395 e. The van der Waals surface area contributed by atoms with E-state index in [0.29, 0.717) is 29.4 Å². The number of fused-ring (bicyclic) bond motifs is 1. The maximum absolute atomic E-state index is 12.9. The van der Waals surface area contributed by atoms with E-state index >= 15 is 0 Å². The molecule has 3 N–H and O–H groups in total. The number of nitrogens with one attached hydrogen (secondary N) is 2. The molecule has 0 saturated carbocycles. The van der Waals surface area contributed by atoms with Crippen molar-refractivity contribution >= 4 is 17.1 Å². The van der Waals surface area contributed by atoms with Gasteiger partial charge < -0.3 is 15.4 Å². The van der Waals surface area contributed by atoms with Gasteiger partial charge in [0.15, 0.2) is 11.2 Å². The Morgan fingerprint density at radius 3 is 2.61 bits per heavy atom. The molecule has 0 saturated heterocycles. The number of halogens is 3. The molecule has 0 spiro atoms. The van der Waals surface area contributed by atoms with Crippen LogP contribution in [0, 0.1) is 0 Å². The molecule has 1 aromatic carbocycles. The second-order valence-electron chi connectivity index (χ2n) is 7.45. The van der Waals surface area contributed by atoms with E-state index in [-0.39, 0.29) is 36.4 Å². The molecule has 4 aromatic rings. The Hall–Kier alpha value is -3.67. The van der Waals surface area contributed by atoms with Crippen LogP contribution in [0.25, 0.3) is 22.6 Å². The summed E-state index contributed by atoms with van der Waals surface area (Å²) in [6, 6.07) is 4.89. The van der Waals surface area contributed by atoms with Crippen molar-refractivity contribution in [2.24, 2.45) is 0 Å². The third-order valence-corrected chi connectivity index (χ3v) is 4.99. The Balaban J connectivity index is 1.61. The first-order valence-corrected chi connectivity index (χ1v) is 10.3. The summed E-state index contributed by atoms with van der Waals surface area (Å²) in [6.45, 7) is 2.81. The zero-order valence-corrected chi connectivity index (χ0v) is 17.7. The fourth-order valence-electron chi connectivity index (χ4n) is 3.41. The predicted octanol–water partition coefficient (Wildman–Crippen LogP) is 2.86. The first kappa shape index (κ1) is 22.5. The van der Waals surface area contributed by atoms with Crippen LogP contribution in [0.1, 0.15) is 24.5 Å². The molecule has 0 bridgehead atoms. The van der Waals surface area contributed by atoms with Gasteiger partial charge in [-0.3, -0.25) is 14.0 Å². The van der Waals surface area contributed by atoms with Crippen LogP contribution in [0.5, 0.6) is 0 Å². The third-order valence-electron chi connectivity index (χ3n) is 4.99. The highest BCUT2D eigenvalue weighted by molar-refractivity contribution is 5.75. The molecule has 0 fully saturated rings. The van der Waals surface area contributed by atoms with Crippen molar-refractivity contribution in [3.8, 4) is 11.4 Å². The molecule has 4 rings (SSSR count). The lowest BCUT2D eigenvalue weighted by molar-refractivity contribution is -0.137. The molecule has 0 unspecified atom stereocenters. The summed E-state index contributed by atoms with van der Waals surface area (Å²) in [5.41, 5.74) is 0.765. The van der Waals surface area contributed by atoms with Crippen molar-refractivity contribution in [3.63, 3.8) is 0 Å². The molecule has 0 aliphatic rings. The number of rotatable bonds is 8. The Morgan fingerprint density at radius 1 is 1.18 bits per heavy atom. The molecule has 9 nitrogen and oxygen atoms in total. The SMILES string of the molecule is CCCn1c(NCCO)nc2nc(-c3cnn(Cc4ccc(C(F)(F)F)cc4)c3)[nH]c2c1=O. The van der Waals surface area contributed by atoms with Crippen LogP contribution in [0.2, 0.25) is 0 Å². The summed E-state index contributed by atoms with van der Waals surface area (Å²) in [7, 11) is 0. The Bertz CT molecular complexity index is 1310. The van der Waals surface area contributed by atoms with Gasteiger partial charge in [0.25, 0.3) is 5.56 Å². The summed E-state index contributed by atoms with van der Waals surface area (Å²) in [5.74, 6) is 0.732. The lowest BCUT2D eigenvalue weighted by atomic mass is 10.1. The minimum atomic E-state index is -4.38. The van der Waals surface area contributed by atoms with Gasteiger partial charge in [-0.2, -0.15) is 23.3 Å². The number of aliphatic hydroxyl groups excluding tert-OH is 1. The molecule has 3 heterocycles. The maximum atomic E-state index is 12.9. The second-order valence-corrected chi connectivity index (χ2v) is 7.45. The fraction of sp³-hybridized carbons (Fsp3) is 0.333. The molecule has 12 heteroatoms. The van der Waals surface area contributed by atoms with Gasteiger partial charge in [-0.15, -0.1) is 0 Å². The number of aromatic amines is 1. The van der Waals surface area contributed by atoms with Gasteiger partial charge in [-0.05, 0) is 24.1 Å².